The van der Waals surface area contributed by atoms with Crippen LogP contribution >= 0.6 is 7.14 Å². The third kappa shape index (κ3) is 7.55. The van der Waals surface area contributed by atoms with Gasteiger partial charge in [0.25, 0.3) is 0 Å². The molecule has 1 atom stereocenters. The van der Waals surface area contributed by atoms with E-state index in [0.29, 0.717) is 6.42 Å². The summed E-state index contributed by atoms with van der Waals surface area (Å²) in [5, 5.41) is 0. The number of carbonyl (C=O) groups excluding carboxylic acids is 2. The molecule has 0 N–H and O–H groups in total. The molecule has 0 saturated carbocycles. The molecule has 11 nitrogen and oxygen atoms in total. The molecule has 0 saturated heterocycles. The molecule has 2 rings (SSSR count). The number of hydrogen-bond acceptors (Lipinski definition) is 11. The van der Waals surface area contributed by atoms with Crippen LogP contribution in [-0.2, 0) is 24.1 Å². The number of rotatable bonds is 15. The van der Waals surface area contributed by atoms with E-state index in [1.54, 1.807) is 0 Å². The van der Waals surface area contributed by atoms with E-state index < -0.39 is 18.2 Å². The standard InChI is InChI=1S/C26H35O11P/c1-17(15-26(2,3)4)16-38(29,24(27)22-18(34-30-5)11-9-12-19(22)35-31-6)25(28)23-20(36-32-7)13-10-14-21(23)37-33-8/h9-14,17H,15-16H2,1-8H3. The monoisotopic (exact) mass is 554 g/mol. The van der Waals surface area contributed by atoms with Gasteiger partial charge < -0.3 is 24.1 Å². The van der Waals surface area contributed by atoms with Crippen molar-refractivity contribution in [3.63, 3.8) is 0 Å². The highest BCUT2D eigenvalue weighted by molar-refractivity contribution is 7.95. The van der Waals surface area contributed by atoms with Crippen LogP contribution in [0.2, 0.25) is 0 Å². The summed E-state index contributed by atoms with van der Waals surface area (Å²) in [6.45, 7) is 7.86. The second-order valence-corrected chi connectivity index (χ2v) is 12.3. The van der Waals surface area contributed by atoms with Gasteiger partial charge in [-0.2, -0.15) is 19.6 Å². The van der Waals surface area contributed by atoms with Crippen LogP contribution in [-0.4, -0.2) is 45.6 Å². The van der Waals surface area contributed by atoms with Gasteiger partial charge in [0.15, 0.2) is 23.0 Å². The molecule has 0 amide bonds. The van der Waals surface area contributed by atoms with Crippen molar-refractivity contribution in [2.45, 2.75) is 34.1 Å². The lowest BCUT2D eigenvalue weighted by Gasteiger charge is -2.27. The zero-order valence-corrected chi connectivity index (χ0v) is 23.8. The van der Waals surface area contributed by atoms with E-state index in [4.69, 9.17) is 39.1 Å². The molecule has 0 fully saturated rings. The third-order valence-corrected chi connectivity index (χ3v) is 8.18. The first-order valence-corrected chi connectivity index (χ1v) is 13.6. The van der Waals surface area contributed by atoms with E-state index >= 15 is 0 Å². The predicted molar refractivity (Wildman–Crippen MR) is 138 cm³/mol. The van der Waals surface area contributed by atoms with Gasteiger partial charge >= 0.3 is 0 Å². The zero-order chi connectivity index (χ0) is 28.5. The van der Waals surface area contributed by atoms with Crippen LogP contribution in [0.25, 0.3) is 0 Å². The molecule has 0 aliphatic carbocycles. The highest BCUT2D eigenvalue weighted by Gasteiger charge is 2.47. The van der Waals surface area contributed by atoms with Crippen molar-refractivity contribution in [1.29, 1.82) is 0 Å². The fraction of sp³-hybridized carbons (Fsp3) is 0.462. The molecule has 2 aromatic carbocycles. The Morgan fingerprint density at radius 3 is 1.29 bits per heavy atom. The Kier molecular flexibility index (Phi) is 11.3. The second-order valence-electron chi connectivity index (χ2n) is 9.66. The Bertz CT molecular complexity index is 1030. The molecule has 12 heteroatoms. The molecule has 0 aliphatic heterocycles. The van der Waals surface area contributed by atoms with Crippen LogP contribution in [0, 0.1) is 11.3 Å². The van der Waals surface area contributed by atoms with Crippen LogP contribution in [0.4, 0.5) is 0 Å². The zero-order valence-electron chi connectivity index (χ0n) is 22.9. The van der Waals surface area contributed by atoms with Gasteiger partial charge in [0.2, 0.25) is 18.2 Å². The van der Waals surface area contributed by atoms with Crippen molar-refractivity contribution in [3.8, 4) is 23.0 Å². The summed E-state index contributed by atoms with van der Waals surface area (Å²) in [5.41, 5.74) is -2.76. The molecule has 0 aliphatic rings. The number of hydrogen-bond donors (Lipinski definition) is 0. The van der Waals surface area contributed by atoms with Crippen molar-refractivity contribution < 1.29 is 53.3 Å². The number of benzene rings is 2. The first-order chi connectivity index (χ1) is 17.9. The summed E-state index contributed by atoms with van der Waals surface area (Å²) in [7, 11) is 0.438. The van der Waals surface area contributed by atoms with Gasteiger partial charge in [-0.15, -0.1) is 0 Å². The van der Waals surface area contributed by atoms with Gasteiger partial charge in [0.1, 0.15) is 11.1 Å². The molecule has 0 heterocycles. The van der Waals surface area contributed by atoms with Crippen molar-refractivity contribution >= 4 is 18.2 Å². The van der Waals surface area contributed by atoms with Crippen LogP contribution in [0.3, 0.4) is 0 Å². The predicted octanol–water partition coefficient (Wildman–Crippen LogP) is 5.86. The van der Waals surface area contributed by atoms with Gasteiger partial charge in [-0.3, -0.25) is 9.59 Å². The fourth-order valence-electron chi connectivity index (χ4n) is 4.25. The van der Waals surface area contributed by atoms with Gasteiger partial charge in [-0.05, 0) is 42.0 Å². The number of carbonyl (C=O) groups is 2. The first-order valence-electron chi connectivity index (χ1n) is 11.7. The summed E-state index contributed by atoms with van der Waals surface area (Å²) in [5.74, 6) is -0.758. The van der Waals surface area contributed by atoms with E-state index in [2.05, 4.69) is 0 Å². The van der Waals surface area contributed by atoms with Gasteiger partial charge in [0, 0.05) is 6.16 Å². The van der Waals surface area contributed by atoms with E-state index in [1.165, 1.54) is 64.8 Å². The van der Waals surface area contributed by atoms with Gasteiger partial charge in [-0.1, -0.05) is 39.8 Å². The lowest BCUT2D eigenvalue weighted by Crippen LogP contribution is -2.22. The molecule has 0 radical (unpaired) electrons. The third-order valence-electron chi connectivity index (χ3n) is 5.28. The molecular formula is C26H35O11P. The Labute approximate surface area is 222 Å². The second kappa shape index (κ2) is 13.7. The highest BCUT2D eigenvalue weighted by Crippen LogP contribution is 2.58. The minimum absolute atomic E-state index is 0.113. The summed E-state index contributed by atoms with van der Waals surface area (Å²) < 4.78 is 14.9. The van der Waals surface area contributed by atoms with E-state index in [-0.39, 0.29) is 51.6 Å². The quantitative estimate of drug-likeness (QED) is 0.149. The maximum Gasteiger partial charge on any atom is 0.236 e. The Hall–Kier alpha value is -2.95. The van der Waals surface area contributed by atoms with Crippen LogP contribution < -0.4 is 19.6 Å². The van der Waals surface area contributed by atoms with Gasteiger partial charge in [-0.25, -0.2) is 0 Å². The Morgan fingerprint density at radius 2 is 1.03 bits per heavy atom. The van der Waals surface area contributed by atoms with Crippen molar-refractivity contribution in [1.82, 2.24) is 0 Å². The maximum absolute atomic E-state index is 14.9. The average molecular weight is 555 g/mol. The Balaban J connectivity index is 2.82. The lowest BCUT2D eigenvalue weighted by molar-refractivity contribution is -0.184. The summed E-state index contributed by atoms with van der Waals surface area (Å²) in [4.78, 5) is 68.1. The van der Waals surface area contributed by atoms with Crippen LogP contribution in [0.1, 0.15) is 54.8 Å². The van der Waals surface area contributed by atoms with E-state index in [9.17, 15) is 14.2 Å². The maximum atomic E-state index is 14.9. The van der Waals surface area contributed by atoms with E-state index in [1.807, 2.05) is 27.7 Å². The summed E-state index contributed by atoms with van der Waals surface area (Å²) >= 11 is 0. The average Bonchev–Trinajstić information content (AvgIpc) is 2.83. The minimum Gasteiger partial charge on any atom is -0.337 e. The van der Waals surface area contributed by atoms with Crippen molar-refractivity contribution in [2.24, 2.45) is 11.3 Å². The smallest absolute Gasteiger partial charge is 0.236 e. The van der Waals surface area contributed by atoms with Gasteiger partial charge in [0.05, 0.1) is 28.4 Å². The van der Waals surface area contributed by atoms with Crippen molar-refractivity contribution in [3.05, 3.63) is 47.5 Å². The molecule has 1 unspecified atom stereocenters. The molecule has 0 bridgehead atoms. The van der Waals surface area contributed by atoms with Crippen molar-refractivity contribution in [2.75, 3.05) is 34.6 Å². The molecular weight excluding hydrogens is 519 g/mol. The first kappa shape index (κ1) is 31.3. The molecule has 38 heavy (non-hydrogen) atoms. The largest absolute Gasteiger partial charge is 0.337 e. The summed E-state index contributed by atoms with van der Waals surface area (Å²) in [6.07, 6.45) is 0.316. The Morgan fingerprint density at radius 1 is 0.711 bits per heavy atom. The highest BCUT2D eigenvalue weighted by atomic mass is 31.2. The normalized spacial score (nSPS) is 12.5. The van der Waals surface area contributed by atoms with Crippen LogP contribution in [0.5, 0.6) is 23.0 Å². The lowest BCUT2D eigenvalue weighted by atomic mass is 9.86. The fourth-order valence-corrected chi connectivity index (χ4v) is 6.93. The topological polar surface area (TPSA) is 125 Å². The van der Waals surface area contributed by atoms with Crippen LogP contribution in [0.15, 0.2) is 36.4 Å². The minimum atomic E-state index is -4.51. The summed E-state index contributed by atoms with van der Waals surface area (Å²) in [6, 6.07) is 8.67. The van der Waals surface area contributed by atoms with E-state index in [0.717, 1.165) is 0 Å². The molecule has 0 aromatic heterocycles. The SMILES string of the molecule is COOc1cccc(OOC)c1C(=O)P(=O)(CC(C)CC(C)(C)C)C(=O)c1c(OOC)cccc1OOC. The molecule has 2 aromatic rings. The molecule has 0 spiro atoms. The molecule has 210 valence electrons.